The normalized spacial score (nSPS) is 16.1. The number of nitrogens with one attached hydrogen (secondary N) is 1. The van der Waals surface area contributed by atoms with Crippen molar-refractivity contribution in [1.29, 1.82) is 0 Å². The second-order valence-corrected chi connectivity index (χ2v) is 9.61. The molecule has 2 amide bonds. The molecule has 8 heteroatoms. The van der Waals surface area contributed by atoms with Gasteiger partial charge in [0.1, 0.15) is 16.8 Å². The summed E-state index contributed by atoms with van der Waals surface area (Å²) in [4.78, 5) is 29.1. The van der Waals surface area contributed by atoms with Gasteiger partial charge in [-0.3, -0.25) is 9.59 Å². The number of amides is 2. The quantitative estimate of drug-likeness (QED) is 0.470. The second-order valence-electron chi connectivity index (χ2n) is 8.02. The van der Waals surface area contributed by atoms with E-state index in [0.29, 0.717) is 12.1 Å². The Morgan fingerprint density at radius 1 is 1.18 bits per heavy atom. The Balaban J connectivity index is 1.52. The van der Waals surface area contributed by atoms with Gasteiger partial charge in [-0.25, -0.2) is 4.39 Å². The predicted molar refractivity (Wildman–Crippen MR) is 133 cm³/mol. The Kier molecular flexibility index (Phi) is 7.44. The Morgan fingerprint density at radius 3 is 2.62 bits per heavy atom. The lowest BCUT2D eigenvalue weighted by molar-refractivity contribution is -0.128. The molecule has 3 aromatic rings. The zero-order chi connectivity index (χ0) is 24.2. The van der Waals surface area contributed by atoms with Crippen LogP contribution in [0.3, 0.4) is 0 Å². The lowest BCUT2D eigenvalue weighted by atomic mass is 10.0. The molecule has 1 heterocycles. The smallest absolute Gasteiger partial charge is 0.241 e. The fourth-order valence-electron chi connectivity index (χ4n) is 3.77. The van der Waals surface area contributed by atoms with Crippen LogP contribution in [0, 0.1) is 11.7 Å². The molecule has 2 atom stereocenters. The first-order valence-electron chi connectivity index (χ1n) is 10.8. The number of rotatable bonds is 7. The molecule has 0 aliphatic carbocycles. The molecular weight excluding hydrogens is 475 g/mol. The monoisotopic (exact) mass is 498 g/mol. The maximum Gasteiger partial charge on any atom is 0.241 e. The van der Waals surface area contributed by atoms with E-state index in [-0.39, 0.29) is 23.4 Å². The second kappa shape index (κ2) is 10.5. The van der Waals surface area contributed by atoms with Crippen LogP contribution in [0.15, 0.2) is 71.6 Å². The standard InChI is InChI=1S/C26H24ClFN2O3S/c1-16(25(31)29-14-17-7-11-20(33-2)12-8-17)24-26(32)30(22-5-3-4-6-23(22)34-24)15-18-9-10-19(28)13-21(18)27/h3-13,16,24H,14-15H2,1-2H3,(H,29,31)/t16-,24+/m1/s1. The zero-order valence-corrected chi connectivity index (χ0v) is 20.3. The van der Waals surface area contributed by atoms with Crippen molar-refractivity contribution in [3.63, 3.8) is 0 Å². The number of benzene rings is 3. The third-order valence-corrected chi connectivity index (χ3v) is 7.57. The molecule has 0 saturated heterocycles. The highest BCUT2D eigenvalue weighted by molar-refractivity contribution is 8.01. The topological polar surface area (TPSA) is 58.6 Å². The average Bonchev–Trinajstić information content (AvgIpc) is 2.85. The number of ether oxygens (including phenoxy) is 1. The summed E-state index contributed by atoms with van der Waals surface area (Å²) in [6.07, 6.45) is 0. The Morgan fingerprint density at radius 2 is 1.91 bits per heavy atom. The maximum absolute atomic E-state index is 13.6. The first kappa shape index (κ1) is 24.1. The van der Waals surface area contributed by atoms with Gasteiger partial charge in [-0.05, 0) is 47.5 Å². The van der Waals surface area contributed by atoms with E-state index in [4.69, 9.17) is 16.3 Å². The fraction of sp³-hybridized carbons (Fsp3) is 0.231. The summed E-state index contributed by atoms with van der Waals surface area (Å²) in [6, 6.07) is 19.1. The number of hydrogen-bond donors (Lipinski definition) is 1. The van der Waals surface area contributed by atoms with Gasteiger partial charge in [-0.2, -0.15) is 0 Å². The molecule has 0 bridgehead atoms. The number of fused-ring (bicyclic) bond motifs is 1. The van der Waals surface area contributed by atoms with E-state index < -0.39 is 17.0 Å². The van der Waals surface area contributed by atoms with Crippen LogP contribution in [0.5, 0.6) is 5.75 Å². The summed E-state index contributed by atoms with van der Waals surface area (Å²) < 4.78 is 18.7. The molecule has 1 aliphatic heterocycles. The van der Waals surface area contributed by atoms with Crippen molar-refractivity contribution in [1.82, 2.24) is 5.32 Å². The molecule has 0 spiro atoms. The minimum Gasteiger partial charge on any atom is -0.497 e. The van der Waals surface area contributed by atoms with E-state index in [1.165, 1.54) is 23.9 Å². The van der Waals surface area contributed by atoms with Crippen LogP contribution in [0.25, 0.3) is 0 Å². The molecule has 3 aromatic carbocycles. The maximum atomic E-state index is 13.6. The molecular formula is C26H24ClFN2O3S. The molecule has 4 rings (SSSR count). The summed E-state index contributed by atoms with van der Waals surface area (Å²) in [6.45, 7) is 2.30. The van der Waals surface area contributed by atoms with Gasteiger partial charge in [-0.1, -0.05) is 48.9 Å². The van der Waals surface area contributed by atoms with Gasteiger partial charge < -0.3 is 15.0 Å². The van der Waals surface area contributed by atoms with E-state index in [2.05, 4.69) is 5.32 Å². The molecule has 176 valence electrons. The highest BCUT2D eigenvalue weighted by Gasteiger charge is 2.39. The first-order valence-corrected chi connectivity index (χ1v) is 12.0. The lowest BCUT2D eigenvalue weighted by Gasteiger charge is -2.36. The summed E-state index contributed by atoms with van der Waals surface area (Å²) in [5, 5.41) is 2.58. The van der Waals surface area contributed by atoms with Crippen molar-refractivity contribution in [2.24, 2.45) is 5.92 Å². The average molecular weight is 499 g/mol. The molecule has 1 N–H and O–H groups in total. The van der Waals surface area contributed by atoms with E-state index in [1.54, 1.807) is 25.0 Å². The largest absolute Gasteiger partial charge is 0.497 e. The van der Waals surface area contributed by atoms with Crippen LogP contribution in [-0.2, 0) is 22.7 Å². The number of thioether (sulfide) groups is 1. The Hall–Kier alpha value is -3.03. The number of anilines is 1. The van der Waals surface area contributed by atoms with Crippen molar-refractivity contribution in [3.05, 3.63) is 88.7 Å². The van der Waals surface area contributed by atoms with Crippen molar-refractivity contribution < 1.29 is 18.7 Å². The van der Waals surface area contributed by atoms with Gasteiger partial charge in [0.25, 0.3) is 0 Å². The summed E-state index contributed by atoms with van der Waals surface area (Å²) in [5.41, 5.74) is 2.32. The van der Waals surface area contributed by atoms with E-state index in [0.717, 1.165) is 21.9 Å². The molecule has 0 radical (unpaired) electrons. The van der Waals surface area contributed by atoms with E-state index in [1.807, 2.05) is 48.5 Å². The number of hydrogen-bond acceptors (Lipinski definition) is 4. The van der Waals surface area contributed by atoms with Crippen LogP contribution in [0.2, 0.25) is 5.02 Å². The summed E-state index contributed by atoms with van der Waals surface area (Å²) >= 11 is 7.62. The minimum atomic E-state index is -0.606. The van der Waals surface area contributed by atoms with Crippen molar-refractivity contribution >= 4 is 40.9 Å². The Labute approximate surface area is 207 Å². The van der Waals surface area contributed by atoms with E-state index >= 15 is 0 Å². The predicted octanol–water partition coefficient (Wildman–Crippen LogP) is 5.45. The molecule has 34 heavy (non-hydrogen) atoms. The van der Waals surface area contributed by atoms with Gasteiger partial charge >= 0.3 is 0 Å². The first-order chi connectivity index (χ1) is 16.4. The number of halogens is 2. The zero-order valence-electron chi connectivity index (χ0n) is 18.8. The van der Waals surface area contributed by atoms with Gasteiger partial charge in [0, 0.05) is 16.5 Å². The third-order valence-electron chi connectivity index (χ3n) is 5.76. The highest BCUT2D eigenvalue weighted by Crippen LogP contribution is 2.42. The van der Waals surface area contributed by atoms with Gasteiger partial charge in [0.05, 0.1) is 25.3 Å². The van der Waals surface area contributed by atoms with Gasteiger partial charge in [0.2, 0.25) is 11.8 Å². The van der Waals surface area contributed by atoms with Crippen molar-refractivity contribution in [2.45, 2.75) is 30.2 Å². The summed E-state index contributed by atoms with van der Waals surface area (Å²) in [5.74, 6) is -0.658. The molecule has 0 unspecified atom stereocenters. The number of nitrogens with zero attached hydrogens (tertiary/aromatic N) is 1. The van der Waals surface area contributed by atoms with Crippen LogP contribution >= 0.6 is 23.4 Å². The minimum absolute atomic E-state index is 0.184. The van der Waals surface area contributed by atoms with Crippen LogP contribution in [0.4, 0.5) is 10.1 Å². The van der Waals surface area contributed by atoms with Gasteiger partial charge in [-0.15, -0.1) is 11.8 Å². The Bertz CT molecular complexity index is 1200. The van der Waals surface area contributed by atoms with Crippen LogP contribution < -0.4 is 15.0 Å². The molecule has 0 aromatic heterocycles. The number of carbonyl (C=O) groups excluding carboxylic acids is 2. The SMILES string of the molecule is COc1ccc(CNC(=O)[C@H](C)[C@@H]2Sc3ccccc3N(Cc3ccc(F)cc3Cl)C2=O)cc1. The molecule has 0 fully saturated rings. The lowest BCUT2D eigenvalue weighted by Crippen LogP contribution is -2.47. The number of methoxy groups -OCH3 is 1. The van der Waals surface area contributed by atoms with E-state index in [9.17, 15) is 14.0 Å². The van der Waals surface area contributed by atoms with Gasteiger partial charge in [0.15, 0.2) is 0 Å². The van der Waals surface area contributed by atoms with Crippen LogP contribution in [-0.4, -0.2) is 24.2 Å². The number of carbonyl (C=O) groups is 2. The fourth-order valence-corrected chi connectivity index (χ4v) is 5.28. The number of para-hydroxylation sites is 1. The summed E-state index contributed by atoms with van der Waals surface area (Å²) in [7, 11) is 1.60. The van der Waals surface area contributed by atoms with Crippen molar-refractivity contribution in [2.75, 3.05) is 12.0 Å². The van der Waals surface area contributed by atoms with Crippen molar-refractivity contribution in [3.8, 4) is 5.75 Å². The third kappa shape index (κ3) is 5.21. The molecule has 0 saturated carbocycles. The highest BCUT2D eigenvalue weighted by atomic mass is 35.5. The molecule has 1 aliphatic rings. The molecule has 5 nitrogen and oxygen atoms in total. The van der Waals surface area contributed by atoms with Crippen LogP contribution in [0.1, 0.15) is 18.1 Å².